The summed E-state index contributed by atoms with van der Waals surface area (Å²) < 4.78 is 0. The summed E-state index contributed by atoms with van der Waals surface area (Å²) in [5, 5.41) is 0. The standard InChI is InChI=1S/C12H18N2O2.C6H14/c1-11(2)4-10(14-9-16)5-12(3,6-11)7-13-8-15;1-5-6(2,3)4/h10H,4-7H2,1-3H3;5H2,1-4H3. The smallest absolute Gasteiger partial charge is 0.211 e. The maximum atomic E-state index is 10.3. The maximum Gasteiger partial charge on any atom is 0.235 e. The van der Waals surface area contributed by atoms with E-state index >= 15 is 0 Å². The molecule has 126 valence electrons. The second-order valence-electron chi connectivity index (χ2n) is 8.76. The predicted octanol–water partition coefficient (Wildman–Crippen LogP) is 4.69. The van der Waals surface area contributed by atoms with Crippen LogP contribution in [0.15, 0.2) is 9.98 Å². The Bertz CT molecular complexity index is 438. The second-order valence-corrected chi connectivity index (χ2v) is 8.76. The number of carbonyl (C=O) groups excluding carboxylic acids is 2. The van der Waals surface area contributed by atoms with Gasteiger partial charge in [-0.25, -0.2) is 19.6 Å². The molecule has 4 heteroatoms. The van der Waals surface area contributed by atoms with Crippen molar-refractivity contribution in [1.82, 2.24) is 0 Å². The Morgan fingerprint density at radius 3 is 2.05 bits per heavy atom. The molecule has 4 nitrogen and oxygen atoms in total. The molecule has 2 unspecified atom stereocenters. The highest BCUT2D eigenvalue weighted by atomic mass is 16.1. The van der Waals surface area contributed by atoms with Crippen LogP contribution in [-0.2, 0) is 9.59 Å². The Balaban J connectivity index is 0.000000626. The van der Waals surface area contributed by atoms with Gasteiger partial charge in [-0.1, -0.05) is 54.9 Å². The summed E-state index contributed by atoms with van der Waals surface area (Å²) in [4.78, 5) is 28.0. The first-order chi connectivity index (χ1) is 9.97. The Morgan fingerprint density at radius 1 is 1.09 bits per heavy atom. The van der Waals surface area contributed by atoms with E-state index in [-0.39, 0.29) is 16.9 Å². The summed E-state index contributed by atoms with van der Waals surface area (Å²) >= 11 is 0. The molecular weight excluding hydrogens is 276 g/mol. The quantitative estimate of drug-likeness (QED) is 0.561. The van der Waals surface area contributed by atoms with Crippen molar-refractivity contribution in [2.75, 3.05) is 6.54 Å². The summed E-state index contributed by atoms with van der Waals surface area (Å²) in [7, 11) is 0. The van der Waals surface area contributed by atoms with Crippen molar-refractivity contribution in [2.45, 2.75) is 80.2 Å². The van der Waals surface area contributed by atoms with E-state index in [0.717, 1.165) is 19.3 Å². The molecule has 0 bridgehead atoms. The Labute approximate surface area is 135 Å². The summed E-state index contributed by atoms with van der Waals surface area (Å²) in [5.41, 5.74) is 0.598. The highest BCUT2D eigenvalue weighted by Crippen LogP contribution is 2.47. The summed E-state index contributed by atoms with van der Waals surface area (Å²) in [6.07, 6.45) is 7.15. The summed E-state index contributed by atoms with van der Waals surface area (Å²) in [6, 6.07) is 0.00750. The largest absolute Gasteiger partial charge is 0.235 e. The molecule has 0 amide bonds. The molecule has 0 heterocycles. The van der Waals surface area contributed by atoms with Crippen LogP contribution in [0.3, 0.4) is 0 Å². The van der Waals surface area contributed by atoms with Gasteiger partial charge in [-0.05, 0) is 35.5 Å². The van der Waals surface area contributed by atoms with Gasteiger partial charge >= 0.3 is 0 Å². The van der Waals surface area contributed by atoms with Gasteiger partial charge in [0.1, 0.15) is 0 Å². The minimum Gasteiger partial charge on any atom is -0.211 e. The average molecular weight is 308 g/mol. The molecule has 0 aromatic heterocycles. The van der Waals surface area contributed by atoms with E-state index in [4.69, 9.17) is 0 Å². The minimum atomic E-state index is -0.0653. The highest BCUT2D eigenvalue weighted by molar-refractivity contribution is 5.34. The van der Waals surface area contributed by atoms with E-state index in [1.54, 1.807) is 12.2 Å². The lowest BCUT2D eigenvalue weighted by Gasteiger charge is -2.44. The lowest BCUT2D eigenvalue weighted by atomic mass is 9.63. The van der Waals surface area contributed by atoms with Crippen molar-refractivity contribution < 1.29 is 9.59 Å². The molecule has 1 aliphatic rings. The van der Waals surface area contributed by atoms with Crippen molar-refractivity contribution in [2.24, 2.45) is 26.2 Å². The zero-order chi connectivity index (χ0) is 17.4. The number of nitrogens with zero attached hydrogens (tertiary/aromatic N) is 2. The van der Waals surface area contributed by atoms with Crippen LogP contribution < -0.4 is 0 Å². The van der Waals surface area contributed by atoms with Crippen LogP contribution in [-0.4, -0.2) is 24.7 Å². The van der Waals surface area contributed by atoms with Gasteiger partial charge in [0.2, 0.25) is 12.2 Å². The number of hydrogen-bond acceptors (Lipinski definition) is 4. The van der Waals surface area contributed by atoms with Crippen molar-refractivity contribution in [3.63, 3.8) is 0 Å². The molecule has 0 aromatic rings. The summed E-state index contributed by atoms with van der Waals surface area (Å²) in [5.74, 6) is 0. The van der Waals surface area contributed by atoms with Gasteiger partial charge in [0.25, 0.3) is 0 Å². The van der Waals surface area contributed by atoms with Gasteiger partial charge in [-0.3, -0.25) is 0 Å². The van der Waals surface area contributed by atoms with Crippen LogP contribution in [0.25, 0.3) is 0 Å². The third-order valence-electron chi connectivity index (χ3n) is 4.24. The van der Waals surface area contributed by atoms with Gasteiger partial charge in [0.15, 0.2) is 0 Å². The summed E-state index contributed by atoms with van der Waals surface area (Å²) in [6.45, 7) is 15.8. The van der Waals surface area contributed by atoms with E-state index < -0.39 is 0 Å². The first-order valence-electron chi connectivity index (χ1n) is 8.07. The molecule has 1 fully saturated rings. The van der Waals surface area contributed by atoms with Crippen molar-refractivity contribution in [3.05, 3.63) is 0 Å². The average Bonchev–Trinajstić information content (AvgIpc) is 2.34. The van der Waals surface area contributed by atoms with E-state index in [9.17, 15) is 9.59 Å². The Morgan fingerprint density at radius 2 is 1.64 bits per heavy atom. The van der Waals surface area contributed by atoms with Gasteiger partial charge in [0, 0.05) is 0 Å². The molecule has 1 saturated carbocycles. The van der Waals surface area contributed by atoms with E-state index in [1.807, 2.05) is 0 Å². The van der Waals surface area contributed by atoms with E-state index in [2.05, 4.69) is 58.5 Å². The molecule has 0 aromatic carbocycles. The second kappa shape index (κ2) is 8.41. The molecule has 22 heavy (non-hydrogen) atoms. The van der Waals surface area contributed by atoms with Crippen molar-refractivity contribution >= 4 is 12.2 Å². The molecule has 0 saturated heterocycles. The molecule has 0 N–H and O–H groups in total. The third kappa shape index (κ3) is 8.92. The fourth-order valence-electron chi connectivity index (χ4n) is 3.09. The number of aliphatic imine (C=N–C) groups is 2. The lowest BCUT2D eigenvalue weighted by molar-refractivity contribution is 0.0915. The molecule has 1 rings (SSSR count). The van der Waals surface area contributed by atoms with Crippen LogP contribution in [0.2, 0.25) is 0 Å². The molecule has 1 aliphatic carbocycles. The first kappa shape index (κ1) is 20.8. The molecule has 0 spiro atoms. The van der Waals surface area contributed by atoms with E-state index in [1.165, 1.54) is 6.42 Å². The lowest BCUT2D eigenvalue weighted by Crippen LogP contribution is -2.39. The number of rotatable bonds is 3. The van der Waals surface area contributed by atoms with Crippen LogP contribution in [0, 0.1) is 16.2 Å². The first-order valence-corrected chi connectivity index (χ1v) is 8.07. The SMILES string of the molecule is CC1(C)CC(N=C=O)CC(C)(CN=C=O)C1.CCC(C)(C)C. The molecular formula is C18H32N2O2. The molecule has 2 atom stereocenters. The molecule has 0 radical (unpaired) electrons. The normalized spacial score (nSPS) is 26.8. The van der Waals surface area contributed by atoms with Gasteiger partial charge in [-0.15, -0.1) is 0 Å². The Hall–Kier alpha value is -1.24. The zero-order valence-corrected chi connectivity index (χ0v) is 15.3. The number of hydrogen-bond donors (Lipinski definition) is 0. The van der Waals surface area contributed by atoms with Gasteiger partial charge < -0.3 is 0 Å². The van der Waals surface area contributed by atoms with Crippen LogP contribution >= 0.6 is 0 Å². The topological polar surface area (TPSA) is 58.9 Å². The van der Waals surface area contributed by atoms with Crippen LogP contribution in [0.5, 0.6) is 0 Å². The van der Waals surface area contributed by atoms with Crippen molar-refractivity contribution in [3.8, 4) is 0 Å². The minimum absolute atomic E-state index is 0.00750. The fourth-order valence-corrected chi connectivity index (χ4v) is 3.09. The van der Waals surface area contributed by atoms with Crippen LogP contribution in [0.4, 0.5) is 0 Å². The number of isocyanates is 2. The molecule has 0 aliphatic heterocycles. The van der Waals surface area contributed by atoms with Gasteiger partial charge in [-0.2, -0.15) is 0 Å². The third-order valence-corrected chi connectivity index (χ3v) is 4.24. The van der Waals surface area contributed by atoms with Crippen LogP contribution in [0.1, 0.15) is 74.1 Å². The maximum absolute atomic E-state index is 10.3. The zero-order valence-electron chi connectivity index (χ0n) is 15.3. The predicted molar refractivity (Wildman–Crippen MR) is 90.4 cm³/mol. The fraction of sp³-hybridized carbons (Fsp3) is 0.889. The Kier molecular flexibility index (Phi) is 7.93. The van der Waals surface area contributed by atoms with E-state index in [0.29, 0.717) is 12.0 Å². The van der Waals surface area contributed by atoms with Gasteiger partial charge in [0.05, 0.1) is 12.6 Å². The highest BCUT2D eigenvalue weighted by Gasteiger charge is 2.41. The van der Waals surface area contributed by atoms with Crippen molar-refractivity contribution in [1.29, 1.82) is 0 Å². The monoisotopic (exact) mass is 308 g/mol.